The normalized spacial score (nSPS) is 13.2. The first-order valence-electron chi connectivity index (χ1n) is 8.27. The van der Waals surface area contributed by atoms with E-state index in [1.165, 1.54) is 6.92 Å². The maximum Gasteiger partial charge on any atom is 0.302 e. The molecule has 0 amide bonds. The molecule has 1 atom stereocenters. The molecule has 0 heterocycles. The van der Waals surface area contributed by atoms with E-state index in [1.54, 1.807) is 14.2 Å². The van der Waals surface area contributed by atoms with Gasteiger partial charge in [-0.2, -0.15) is 10.2 Å². The van der Waals surface area contributed by atoms with Crippen molar-refractivity contribution in [2.24, 2.45) is 10.2 Å². The Labute approximate surface area is 153 Å². The fourth-order valence-electron chi connectivity index (χ4n) is 2.38. The number of ether oxygens (including phenoxy) is 3. The van der Waals surface area contributed by atoms with Crippen molar-refractivity contribution in [3.05, 3.63) is 54.1 Å². The highest BCUT2D eigenvalue weighted by Gasteiger charge is 2.26. The van der Waals surface area contributed by atoms with Gasteiger partial charge in [0.05, 0.1) is 19.9 Å². The Balaban J connectivity index is 2.18. The third-order valence-corrected chi connectivity index (χ3v) is 3.81. The molecule has 0 aliphatic carbocycles. The van der Waals surface area contributed by atoms with Crippen molar-refractivity contribution in [1.29, 1.82) is 0 Å². The van der Waals surface area contributed by atoms with E-state index in [0.717, 1.165) is 17.1 Å². The standard InChI is InChI=1S/C20H24N2O4/c1-15(23)26-14-20(2,13-16-5-9-18(24-3)10-6-16)22-21-17-7-11-19(25-4)12-8-17/h5-12H,13-14H2,1-4H3. The molecule has 0 aromatic heterocycles. The number of rotatable bonds is 8. The lowest BCUT2D eigenvalue weighted by molar-refractivity contribution is -0.142. The van der Waals surface area contributed by atoms with E-state index < -0.39 is 5.54 Å². The minimum Gasteiger partial charge on any atom is -0.497 e. The number of carbonyl (C=O) groups is 1. The van der Waals surface area contributed by atoms with Gasteiger partial charge in [0.2, 0.25) is 0 Å². The van der Waals surface area contributed by atoms with Crippen molar-refractivity contribution in [3.63, 3.8) is 0 Å². The van der Waals surface area contributed by atoms with Crippen LogP contribution in [0.1, 0.15) is 19.4 Å². The van der Waals surface area contributed by atoms with Crippen LogP contribution in [0.5, 0.6) is 11.5 Å². The summed E-state index contributed by atoms with van der Waals surface area (Å²) in [5, 5.41) is 8.78. The molecule has 2 aromatic rings. The summed E-state index contributed by atoms with van der Waals surface area (Å²) in [5.74, 6) is 1.20. The van der Waals surface area contributed by atoms with Crippen molar-refractivity contribution >= 4 is 11.7 Å². The van der Waals surface area contributed by atoms with Crippen molar-refractivity contribution in [1.82, 2.24) is 0 Å². The first kappa shape index (κ1) is 19.4. The molecule has 0 bridgehead atoms. The third-order valence-electron chi connectivity index (χ3n) is 3.81. The van der Waals surface area contributed by atoms with Gasteiger partial charge in [0, 0.05) is 13.3 Å². The largest absolute Gasteiger partial charge is 0.497 e. The molecule has 2 aromatic carbocycles. The number of benzene rings is 2. The minimum atomic E-state index is -0.680. The van der Waals surface area contributed by atoms with Crippen LogP contribution in [0.25, 0.3) is 0 Å². The number of hydrogen-bond acceptors (Lipinski definition) is 6. The summed E-state index contributed by atoms with van der Waals surface area (Å²) in [4.78, 5) is 11.2. The van der Waals surface area contributed by atoms with E-state index in [4.69, 9.17) is 14.2 Å². The Hall–Kier alpha value is -2.89. The maximum absolute atomic E-state index is 11.2. The summed E-state index contributed by atoms with van der Waals surface area (Å²) in [6.07, 6.45) is 0.573. The van der Waals surface area contributed by atoms with Gasteiger partial charge >= 0.3 is 5.97 Å². The smallest absolute Gasteiger partial charge is 0.302 e. The van der Waals surface area contributed by atoms with Gasteiger partial charge in [-0.05, 0) is 48.9 Å². The van der Waals surface area contributed by atoms with Crippen molar-refractivity contribution in [2.75, 3.05) is 20.8 Å². The molecule has 0 saturated carbocycles. The van der Waals surface area contributed by atoms with Gasteiger partial charge in [0.1, 0.15) is 23.6 Å². The van der Waals surface area contributed by atoms with E-state index in [0.29, 0.717) is 12.1 Å². The molecule has 0 aliphatic heterocycles. The van der Waals surface area contributed by atoms with Gasteiger partial charge in [-0.1, -0.05) is 12.1 Å². The van der Waals surface area contributed by atoms with E-state index in [2.05, 4.69) is 10.2 Å². The highest BCUT2D eigenvalue weighted by atomic mass is 16.5. The summed E-state index contributed by atoms with van der Waals surface area (Å²) in [6.45, 7) is 3.44. The lowest BCUT2D eigenvalue weighted by atomic mass is 9.94. The monoisotopic (exact) mass is 356 g/mol. The summed E-state index contributed by atoms with van der Waals surface area (Å²) in [5.41, 5.74) is 1.07. The zero-order valence-electron chi connectivity index (χ0n) is 15.6. The minimum absolute atomic E-state index is 0.147. The molecule has 2 rings (SSSR count). The second kappa shape index (κ2) is 8.99. The number of esters is 1. The molecule has 1 unspecified atom stereocenters. The summed E-state index contributed by atoms with van der Waals surface area (Å²) >= 11 is 0. The van der Waals surface area contributed by atoms with Gasteiger partial charge in [0.25, 0.3) is 0 Å². The van der Waals surface area contributed by atoms with Crippen LogP contribution in [-0.4, -0.2) is 32.3 Å². The Kier molecular flexibility index (Phi) is 6.72. The Morgan fingerprint density at radius 1 is 0.962 bits per heavy atom. The van der Waals surface area contributed by atoms with Gasteiger partial charge in [-0.15, -0.1) is 0 Å². The molecule has 26 heavy (non-hydrogen) atoms. The average molecular weight is 356 g/mol. The van der Waals surface area contributed by atoms with E-state index >= 15 is 0 Å². The fraction of sp³-hybridized carbons (Fsp3) is 0.350. The predicted molar refractivity (Wildman–Crippen MR) is 99.2 cm³/mol. The zero-order chi connectivity index (χ0) is 19.0. The quantitative estimate of drug-likeness (QED) is 0.521. The van der Waals surface area contributed by atoms with Crippen molar-refractivity contribution < 1.29 is 19.0 Å². The van der Waals surface area contributed by atoms with Crippen LogP contribution >= 0.6 is 0 Å². The molecule has 0 saturated heterocycles. The number of carbonyl (C=O) groups excluding carboxylic acids is 1. The summed E-state index contributed by atoms with van der Waals surface area (Å²) in [6, 6.07) is 15.0. The predicted octanol–water partition coefficient (Wildman–Crippen LogP) is 4.35. The van der Waals surface area contributed by atoms with Crippen LogP contribution in [0.15, 0.2) is 58.8 Å². The molecular formula is C20H24N2O4. The first-order valence-corrected chi connectivity index (χ1v) is 8.27. The average Bonchev–Trinajstić information content (AvgIpc) is 2.66. The van der Waals surface area contributed by atoms with Gasteiger partial charge in [0.15, 0.2) is 0 Å². The van der Waals surface area contributed by atoms with Crippen LogP contribution in [0.3, 0.4) is 0 Å². The van der Waals surface area contributed by atoms with Gasteiger partial charge in [-0.25, -0.2) is 0 Å². The molecule has 138 valence electrons. The molecule has 0 fully saturated rings. The number of azo groups is 1. The molecule has 6 heteroatoms. The van der Waals surface area contributed by atoms with Gasteiger partial charge in [-0.3, -0.25) is 4.79 Å². The van der Waals surface area contributed by atoms with Crippen LogP contribution in [0, 0.1) is 0 Å². The summed E-state index contributed by atoms with van der Waals surface area (Å²) in [7, 11) is 3.24. The third kappa shape index (κ3) is 5.88. The SMILES string of the molecule is COc1ccc(CC(C)(COC(C)=O)N=Nc2ccc(OC)cc2)cc1. The van der Waals surface area contributed by atoms with E-state index in [-0.39, 0.29) is 12.6 Å². The maximum atomic E-state index is 11.2. The number of nitrogens with zero attached hydrogens (tertiary/aromatic N) is 2. The molecule has 0 N–H and O–H groups in total. The molecule has 0 radical (unpaired) electrons. The molecular weight excluding hydrogens is 332 g/mol. The van der Waals surface area contributed by atoms with Crippen LogP contribution < -0.4 is 9.47 Å². The summed E-state index contributed by atoms with van der Waals surface area (Å²) < 4.78 is 15.5. The van der Waals surface area contributed by atoms with Crippen LogP contribution in [0.2, 0.25) is 0 Å². The fourth-order valence-corrected chi connectivity index (χ4v) is 2.38. The molecule has 6 nitrogen and oxygen atoms in total. The molecule has 0 aliphatic rings. The van der Waals surface area contributed by atoms with Crippen LogP contribution in [-0.2, 0) is 16.0 Å². The molecule has 0 spiro atoms. The van der Waals surface area contributed by atoms with E-state index in [1.807, 2.05) is 55.5 Å². The van der Waals surface area contributed by atoms with Gasteiger partial charge < -0.3 is 14.2 Å². The topological polar surface area (TPSA) is 69.5 Å². The Bertz CT molecular complexity index is 741. The number of methoxy groups -OCH3 is 2. The van der Waals surface area contributed by atoms with E-state index in [9.17, 15) is 4.79 Å². The second-order valence-electron chi connectivity index (χ2n) is 6.20. The highest BCUT2D eigenvalue weighted by molar-refractivity contribution is 5.66. The number of hydrogen-bond donors (Lipinski definition) is 0. The Morgan fingerprint density at radius 2 is 1.50 bits per heavy atom. The zero-order valence-corrected chi connectivity index (χ0v) is 15.6. The Morgan fingerprint density at radius 3 is 2.00 bits per heavy atom. The van der Waals surface area contributed by atoms with Crippen molar-refractivity contribution in [2.45, 2.75) is 25.8 Å². The van der Waals surface area contributed by atoms with Crippen molar-refractivity contribution in [3.8, 4) is 11.5 Å². The lowest BCUT2D eigenvalue weighted by Gasteiger charge is -2.23. The second-order valence-corrected chi connectivity index (χ2v) is 6.20. The van der Waals surface area contributed by atoms with Crippen LogP contribution in [0.4, 0.5) is 5.69 Å². The first-order chi connectivity index (χ1) is 12.4. The highest BCUT2D eigenvalue weighted by Crippen LogP contribution is 2.24. The lowest BCUT2D eigenvalue weighted by Crippen LogP contribution is -2.32.